The van der Waals surface area contributed by atoms with Crippen LogP contribution in [0, 0.1) is 32.8 Å². The summed E-state index contributed by atoms with van der Waals surface area (Å²) in [6.07, 6.45) is 1.29. The van der Waals surface area contributed by atoms with Gasteiger partial charge in [-0.25, -0.2) is 9.97 Å². The van der Waals surface area contributed by atoms with Gasteiger partial charge >= 0.3 is 5.69 Å². The van der Waals surface area contributed by atoms with E-state index in [0.717, 1.165) is 17.5 Å². The monoisotopic (exact) mass is 470 g/mol. The lowest BCUT2D eigenvalue weighted by Crippen LogP contribution is -2.35. The number of hydrogen-bond acceptors (Lipinski definition) is 9. The summed E-state index contributed by atoms with van der Waals surface area (Å²) in [6.45, 7) is 0.290. The summed E-state index contributed by atoms with van der Waals surface area (Å²) in [7, 11) is 0. The maximum Gasteiger partial charge on any atom is 0.355 e. The van der Waals surface area contributed by atoms with Crippen molar-refractivity contribution in [2.24, 2.45) is 0 Å². The fraction of sp³-hybridized carbons (Fsp3) is 0.208. The lowest BCUT2D eigenvalue weighted by Gasteiger charge is -2.22. The van der Waals surface area contributed by atoms with Crippen molar-refractivity contribution in [1.82, 2.24) is 15.4 Å². The molecule has 0 aliphatic rings. The van der Waals surface area contributed by atoms with E-state index in [1.54, 1.807) is 0 Å². The van der Waals surface area contributed by atoms with Gasteiger partial charge < -0.3 is 4.90 Å². The van der Waals surface area contributed by atoms with Gasteiger partial charge in [0.15, 0.2) is 0 Å². The third-order valence-corrected chi connectivity index (χ3v) is 5.10. The van der Waals surface area contributed by atoms with Crippen LogP contribution in [0.15, 0.2) is 67.0 Å². The number of carbonyl (C=O) groups is 1. The van der Waals surface area contributed by atoms with Crippen LogP contribution in [0.4, 0.5) is 17.3 Å². The molecule has 176 valence electrons. The number of nitrogens with zero attached hydrogens (tertiary/aromatic N) is 6. The molecule has 1 amide bonds. The van der Waals surface area contributed by atoms with E-state index < -0.39 is 22.4 Å². The van der Waals surface area contributed by atoms with Gasteiger partial charge in [0.05, 0.1) is 35.8 Å². The van der Waals surface area contributed by atoms with Gasteiger partial charge in [-0.15, -0.1) is 0 Å². The van der Waals surface area contributed by atoms with Crippen LogP contribution in [0.1, 0.15) is 29.9 Å². The second kappa shape index (κ2) is 12.3. The van der Waals surface area contributed by atoms with Crippen molar-refractivity contribution in [2.75, 3.05) is 23.4 Å². The van der Waals surface area contributed by atoms with E-state index in [9.17, 15) is 14.9 Å². The lowest BCUT2D eigenvalue weighted by atomic mass is 9.91. The first-order valence-electron chi connectivity index (χ1n) is 10.7. The van der Waals surface area contributed by atoms with Crippen LogP contribution in [0.25, 0.3) is 0 Å². The predicted molar refractivity (Wildman–Crippen MR) is 128 cm³/mol. The Labute approximate surface area is 201 Å². The zero-order valence-corrected chi connectivity index (χ0v) is 18.7. The van der Waals surface area contributed by atoms with Crippen LogP contribution in [0.2, 0.25) is 0 Å². The van der Waals surface area contributed by atoms with Crippen molar-refractivity contribution in [3.63, 3.8) is 0 Å². The number of hydrazine groups is 1. The summed E-state index contributed by atoms with van der Waals surface area (Å²) in [4.78, 5) is 34.0. The molecule has 0 atom stereocenters. The van der Waals surface area contributed by atoms with Gasteiger partial charge in [0.1, 0.15) is 6.33 Å². The number of nitrogens with one attached hydrogen (secondary N) is 2. The largest absolute Gasteiger partial charge is 0.355 e. The smallest absolute Gasteiger partial charge is 0.349 e. The molecule has 11 heteroatoms. The molecule has 3 rings (SSSR count). The van der Waals surface area contributed by atoms with Gasteiger partial charge in [0.2, 0.25) is 17.5 Å². The first-order valence-corrected chi connectivity index (χ1v) is 10.7. The number of hydrogen-bond donors (Lipinski definition) is 2. The minimum atomic E-state index is -0.673. The van der Waals surface area contributed by atoms with Crippen LogP contribution >= 0.6 is 0 Å². The quantitative estimate of drug-likeness (QED) is 0.316. The molecule has 1 heterocycles. The minimum Gasteiger partial charge on any atom is -0.349 e. The third kappa shape index (κ3) is 6.27. The van der Waals surface area contributed by atoms with Crippen molar-refractivity contribution < 1.29 is 9.72 Å². The van der Waals surface area contributed by atoms with Gasteiger partial charge in [-0.2, -0.15) is 10.5 Å². The number of amides is 1. The van der Waals surface area contributed by atoms with Gasteiger partial charge in [0, 0.05) is 13.1 Å². The Morgan fingerprint density at radius 1 is 0.971 bits per heavy atom. The first-order chi connectivity index (χ1) is 17.1. The van der Waals surface area contributed by atoms with E-state index in [4.69, 9.17) is 10.5 Å². The number of carbonyl (C=O) groups excluding carboxylic acids is 1. The number of nitriles is 2. The summed E-state index contributed by atoms with van der Waals surface area (Å²) in [6, 6.07) is 22.2. The van der Waals surface area contributed by atoms with E-state index in [2.05, 4.69) is 20.8 Å². The topological polar surface area (TPSA) is 161 Å². The van der Waals surface area contributed by atoms with Crippen LogP contribution < -0.4 is 15.8 Å². The van der Waals surface area contributed by atoms with Gasteiger partial charge in [-0.05, 0) is 11.1 Å². The number of benzene rings is 2. The summed E-state index contributed by atoms with van der Waals surface area (Å²) in [5.74, 6) is -1.38. The molecule has 1 aromatic heterocycles. The molecule has 11 nitrogen and oxygen atoms in total. The molecule has 3 aromatic rings. The molecule has 0 unspecified atom stereocenters. The van der Waals surface area contributed by atoms with E-state index >= 15 is 0 Å². The fourth-order valence-corrected chi connectivity index (χ4v) is 3.53. The minimum absolute atomic E-state index is 0.0464. The molecule has 2 N–H and O–H groups in total. The molecule has 0 fully saturated rings. The Kier molecular flexibility index (Phi) is 8.63. The second-order valence-corrected chi connectivity index (χ2v) is 7.32. The number of nitro groups is 1. The summed E-state index contributed by atoms with van der Waals surface area (Å²) < 4.78 is 0. The standard InChI is InChI=1S/C24H22N8O3/c25-13-7-15-31(16-8-14-26)23-21(32(34)35)22(27-17-28-23)29-30-24(33)20(18-9-3-1-4-10-18)19-11-5-2-6-12-19/h1-6,9-12,17,20H,7-8,15-16H2,(H,30,33)(H,27,28,29). The van der Waals surface area contributed by atoms with Crippen LogP contribution in [0.3, 0.4) is 0 Å². The molecule has 0 saturated carbocycles. The van der Waals surface area contributed by atoms with Crippen LogP contribution in [-0.2, 0) is 4.79 Å². The molecule has 0 bridgehead atoms. The lowest BCUT2D eigenvalue weighted by molar-refractivity contribution is -0.383. The summed E-state index contributed by atoms with van der Waals surface area (Å²) >= 11 is 0. The maximum absolute atomic E-state index is 13.2. The Balaban J connectivity index is 1.90. The van der Waals surface area contributed by atoms with Crippen LogP contribution in [0.5, 0.6) is 0 Å². The summed E-state index contributed by atoms with van der Waals surface area (Å²) in [5, 5.41) is 29.8. The molecule has 2 aromatic carbocycles. The molecule has 0 aliphatic heterocycles. The fourth-order valence-electron chi connectivity index (χ4n) is 3.53. The number of anilines is 2. The maximum atomic E-state index is 13.2. The number of aromatic nitrogens is 2. The highest BCUT2D eigenvalue weighted by molar-refractivity contribution is 5.88. The van der Waals surface area contributed by atoms with Crippen LogP contribution in [-0.4, -0.2) is 33.9 Å². The molecule has 0 saturated heterocycles. The third-order valence-electron chi connectivity index (χ3n) is 5.10. The highest BCUT2D eigenvalue weighted by atomic mass is 16.6. The average Bonchev–Trinajstić information content (AvgIpc) is 2.88. The summed E-state index contributed by atoms with van der Waals surface area (Å²) in [5.41, 5.74) is 6.13. The van der Waals surface area contributed by atoms with Crippen molar-refractivity contribution in [2.45, 2.75) is 18.8 Å². The second-order valence-electron chi connectivity index (χ2n) is 7.32. The van der Waals surface area contributed by atoms with E-state index in [-0.39, 0.29) is 37.6 Å². The highest BCUT2D eigenvalue weighted by Gasteiger charge is 2.28. The Bertz CT molecular complexity index is 1180. The Hall–Kier alpha value is -5.03. The molecule has 0 radical (unpaired) electrons. The van der Waals surface area contributed by atoms with E-state index in [1.807, 2.05) is 72.8 Å². The Morgan fingerprint density at radius 2 is 1.51 bits per heavy atom. The predicted octanol–water partition coefficient (Wildman–Crippen LogP) is 3.29. The van der Waals surface area contributed by atoms with Gasteiger partial charge in [-0.3, -0.25) is 25.8 Å². The average molecular weight is 470 g/mol. The molecular formula is C24H22N8O3. The number of rotatable bonds is 11. The van der Waals surface area contributed by atoms with E-state index in [0.29, 0.717) is 0 Å². The van der Waals surface area contributed by atoms with Crippen molar-refractivity contribution in [3.8, 4) is 12.1 Å². The van der Waals surface area contributed by atoms with Gasteiger partial charge in [0.25, 0.3) is 0 Å². The first kappa shape index (κ1) is 24.6. The highest BCUT2D eigenvalue weighted by Crippen LogP contribution is 2.32. The zero-order valence-electron chi connectivity index (χ0n) is 18.7. The SMILES string of the molecule is N#CCCN(CCC#N)c1ncnc(NNC(=O)C(c2ccccc2)c2ccccc2)c1[N+](=O)[O-]. The normalized spacial score (nSPS) is 10.1. The molecular weight excluding hydrogens is 448 g/mol. The van der Waals surface area contributed by atoms with Crippen molar-refractivity contribution >= 4 is 23.2 Å². The molecule has 35 heavy (non-hydrogen) atoms. The molecule has 0 spiro atoms. The van der Waals surface area contributed by atoms with E-state index in [1.165, 1.54) is 4.90 Å². The van der Waals surface area contributed by atoms with Crippen molar-refractivity contribution in [1.29, 1.82) is 10.5 Å². The Morgan fingerprint density at radius 3 is 2.00 bits per heavy atom. The zero-order chi connectivity index (χ0) is 25.0. The molecule has 0 aliphatic carbocycles. The van der Waals surface area contributed by atoms with Gasteiger partial charge in [-0.1, -0.05) is 60.7 Å². The van der Waals surface area contributed by atoms with Crippen molar-refractivity contribution in [3.05, 3.63) is 88.2 Å².